The molecule has 0 heterocycles. The second-order valence-corrected chi connectivity index (χ2v) is 16.5. The fourth-order valence-corrected chi connectivity index (χ4v) is 6.66. The number of aliphatic hydroxyl groups is 1. The van der Waals surface area contributed by atoms with Crippen LogP contribution in [0.25, 0.3) is 0 Å². The number of rotatable bonds is 53. The zero-order chi connectivity index (χ0) is 50.0. The summed E-state index contributed by atoms with van der Waals surface area (Å²) in [7, 11) is 0. The summed E-state index contributed by atoms with van der Waals surface area (Å²) in [5.41, 5.74) is 10.7. The van der Waals surface area contributed by atoms with Crippen LogP contribution in [0.2, 0.25) is 0 Å². The maximum atomic E-state index is 12.4. The van der Waals surface area contributed by atoms with Crippen molar-refractivity contribution >= 4 is 35.3 Å². The molecule has 0 radical (unpaired) electrons. The number of ketones is 1. The molecule has 0 spiro atoms. The molecule has 0 saturated heterocycles. The number of unbranched alkanes of at least 4 members (excludes halogenated alkanes) is 15. The number of nitrogens with one attached hydrogen (secondary N) is 6. The molecule has 0 unspecified atom stereocenters. The van der Waals surface area contributed by atoms with Crippen LogP contribution >= 0.6 is 0 Å². The van der Waals surface area contributed by atoms with Crippen LogP contribution in [0.15, 0.2) is 0 Å². The van der Waals surface area contributed by atoms with Crippen molar-refractivity contribution in [1.29, 1.82) is 0 Å². The van der Waals surface area contributed by atoms with E-state index < -0.39 is 24.6 Å². The van der Waals surface area contributed by atoms with Gasteiger partial charge in [-0.1, -0.05) is 96.8 Å². The molecule has 2 atom stereocenters. The second kappa shape index (κ2) is 50.0. The summed E-state index contributed by atoms with van der Waals surface area (Å²) < 4.78 is 32.2. The van der Waals surface area contributed by atoms with Crippen molar-refractivity contribution in [2.24, 2.45) is 11.5 Å². The van der Waals surface area contributed by atoms with Crippen molar-refractivity contribution in [3.63, 3.8) is 0 Å². The molecule has 11 N–H and O–H groups in total. The van der Waals surface area contributed by atoms with Crippen LogP contribution in [-0.2, 0) is 57.2 Å². The molecule has 21 nitrogen and oxygen atoms in total. The number of carbonyl (C=O) groups is 6. The predicted octanol–water partition coefficient (Wildman–Crippen LogP) is 0.862. The normalized spacial score (nSPS) is 12.1. The summed E-state index contributed by atoms with van der Waals surface area (Å²) in [5.74, 6) is -1.79. The molecule has 0 rings (SSSR count). The lowest BCUT2D eigenvalue weighted by atomic mass is 10.0. The van der Waals surface area contributed by atoms with Crippen molar-refractivity contribution in [2.45, 2.75) is 141 Å². The Kier molecular flexibility index (Phi) is 47.5. The monoisotopic (exact) mass is 977 g/mol. The SMILES string of the molecule is CCCCCCCCCCCCCCCCCC(=O)NCCOCCOCC(=O)NCCOCCOCC(=O)NCCOCCOCC(=O)NCCCC[C@H](NCN)C(=O)CN[C@@H](CO)C(N)=O. The van der Waals surface area contributed by atoms with Crippen molar-refractivity contribution in [1.82, 2.24) is 31.9 Å². The lowest BCUT2D eigenvalue weighted by Gasteiger charge is -2.18. The van der Waals surface area contributed by atoms with Gasteiger partial charge in [-0.2, -0.15) is 0 Å². The fourth-order valence-electron chi connectivity index (χ4n) is 6.66. The molecule has 0 aromatic heterocycles. The topological polar surface area (TPSA) is 302 Å². The Morgan fingerprint density at radius 1 is 0.456 bits per heavy atom. The first-order chi connectivity index (χ1) is 33.1. The molecule has 68 heavy (non-hydrogen) atoms. The molecule has 0 aromatic rings. The number of nitrogens with two attached hydrogens (primary N) is 2. The number of hydrogen-bond donors (Lipinski definition) is 9. The highest BCUT2D eigenvalue weighted by atomic mass is 16.5. The molecule has 398 valence electrons. The lowest BCUT2D eigenvalue weighted by molar-refractivity contribution is -0.128. The van der Waals surface area contributed by atoms with E-state index in [0.717, 1.165) is 12.8 Å². The highest BCUT2D eigenvalue weighted by Gasteiger charge is 2.20. The van der Waals surface area contributed by atoms with Gasteiger partial charge in [-0.3, -0.25) is 39.4 Å². The largest absolute Gasteiger partial charge is 0.394 e. The van der Waals surface area contributed by atoms with Gasteiger partial charge in [0.1, 0.15) is 25.9 Å². The minimum atomic E-state index is -1.01. The van der Waals surface area contributed by atoms with Crippen LogP contribution in [-0.4, -0.2) is 178 Å². The molecule has 0 saturated carbocycles. The molecule has 0 bridgehead atoms. The average molecular weight is 977 g/mol. The first-order valence-corrected chi connectivity index (χ1v) is 25.3. The zero-order valence-electron chi connectivity index (χ0n) is 41.5. The molecular weight excluding hydrogens is 885 g/mol. The lowest BCUT2D eigenvalue weighted by Crippen LogP contribution is -2.50. The minimum Gasteiger partial charge on any atom is -0.394 e. The van der Waals surface area contributed by atoms with E-state index in [2.05, 4.69) is 38.8 Å². The van der Waals surface area contributed by atoms with Crippen LogP contribution in [0.5, 0.6) is 0 Å². The van der Waals surface area contributed by atoms with Gasteiger partial charge in [-0.25, -0.2) is 0 Å². The molecule has 0 aliphatic heterocycles. The van der Waals surface area contributed by atoms with Crippen molar-refractivity contribution in [3.05, 3.63) is 0 Å². The van der Waals surface area contributed by atoms with E-state index in [1.165, 1.54) is 83.5 Å². The number of Topliss-reactive ketones (excluding diaryl/α,β-unsaturated/α-hetero) is 1. The van der Waals surface area contributed by atoms with Gasteiger partial charge in [-0.15, -0.1) is 0 Å². The smallest absolute Gasteiger partial charge is 0.246 e. The maximum Gasteiger partial charge on any atom is 0.246 e. The molecule has 0 aromatic carbocycles. The zero-order valence-corrected chi connectivity index (χ0v) is 41.5. The van der Waals surface area contributed by atoms with Gasteiger partial charge in [-0.05, 0) is 25.7 Å². The summed E-state index contributed by atoms with van der Waals surface area (Å²) in [5, 5.41) is 25.7. The highest BCUT2D eigenvalue weighted by molar-refractivity contribution is 5.87. The first-order valence-electron chi connectivity index (χ1n) is 25.3. The maximum absolute atomic E-state index is 12.4. The number of ether oxygens (including phenoxy) is 6. The van der Waals surface area contributed by atoms with Gasteiger partial charge >= 0.3 is 0 Å². The third kappa shape index (κ3) is 45.1. The quantitative estimate of drug-likeness (QED) is 0.0302. The number of hydrogen-bond acceptors (Lipinski definition) is 16. The van der Waals surface area contributed by atoms with E-state index in [9.17, 15) is 28.8 Å². The number of carbonyl (C=O) groups excluding carboxylic acids is 6. The van der Waals surface area contributed by atoms with Gasteiger partial charge in [0.25, 0.3) is 0 Å². The number of amides is 5. The highest BCUT2D eigenvalue weighted by Crippen LogP contribution is 2.13. The summed E-state index contributed by atoms with van der Waals surface area (Å²) in [4.78, 5) is 71.6. The van der Waals surface area contributed by atoms with Crippen molar-refractivity contribution in [3.8, 4) is 0 Å². The third-order valence-corrected chi connectivity index (χ3v) is 10.6. The van der Waals surface area contributed by atoms with Gasteiger partial charge in [0, 0.05) is 39.3 Å². The first kappa shape index (κ1) is 64.6. The Labute approximate surface area is 406 Å². The van der Waals surface area contributed by atoms with E-state index >= 15 is 0 Å². The Hall–Kier alpha value is -3.38. The molecule has 5 amide bonds. The average Bonchev–Trinajstić information content (AvgIpc) is 3.32. The summed E-state index contributed by atoms with van der Waals surface area (Å²) in [6.45, 7) is 5.09. The van der Waals surface area contributed by atoms with Gasteiger partial charge in [0.15, 0.2) is 5.78 Å². The van der Waals surface area contributed by atoms with Crippen molar-refractivity contribution in [2.75, 3.05) is 125 Å². The Balaban J connectivity index is 3.50. The van der Waals surface area contributed by atoms with E-state index in [4.69, 9.17) is 45.0 Å². The summed E-state index contributed by atoms with van der Waals surface area (Å²) in [6, 6.07) is -1.55. The number of primary amides is 1. The van der Waals surface area contributed by atoms with Gasteiger partial charge in [0.05, 0.1) is 78.7 Å². The molecule has 0 aliphatic carbocycles. The summed E-state index contributed by atoms with van der Waals surface area (Å²) in [6.07, 6.45) is 21.8. The van der Waals surface area contributed by atoms with Crippen LogP contribution in [0.4, 0.5) is 0 Å². The van der Waals surface area contributed by atoms with Crippen LogP contribution in [0.3, 0.4) is 0 Å². The Bertz CT molecular complexity index is 1260. The molecule has 0 fully saturated rings. The van der Waals surface area contributed by atoms with Crippen LogP contribution < -0.4 is 43.4 Å². The second-order valence-electron chi connectivity index (χ2n) is 16.5. The van der Waals surface area contributed by atoms with Crippen molar-refractivity contribution < 1.29 is 62.3 Å². The fraction of sp³-hybridized carbons (Fsp3) is 0.872. The molecule has 0 aliphatic rings. The van der Waals surface area contributed by atoms with Crippen LogP contribution in [0.1, 0.15) is 129 Å². The standard InChI is InChI=1S/C47H92N8O13/c1-2-3-4-5-6-7-8-9-10-11-12-13-14-15-16-20-43(58)51-22-25-63-28-32-67-37-45(60)53-24-27-65-30-33-68-38-46(61)52-23-26-64-29-31-66-36-44(59)50-21-18-17-19-40(55-39-48)42(57)34-54-41(35-56)47(49)62/h40-41,54-56H,2-39,48H2,1H3,(H2,49,62)(H,50,59)(H,51,58)(H,52,61)(H,53,60)/t40-,41-/m0/s1. The minimum absolute atomic E-state index is 0.0559. The molecule has 21 heteroatoms. The van der Waals surface area contributed by atoms with Gasteiger partial charge in [0.2, 0.25) is 29.5 Å². The summed E-state index contributed by atoms with van der Waals surface area (Å²) >= 11 is 0. The molecular formula is C47H92N8O13. The van der Waals surface area contributed by atoms with Crippen LogP contribution in [0, 0.1) is 0 Å². The predicted molar refractivity (Wildman–Crippen MR) is 259 cm³/mol. The Morgan fingerprint density at radius 3 is 1.26 bits per heavy atom. The third-order valence-electron chi connectivity index (χ3n) is 10.6. The van der Waals surface area contributed by atoms with E-state index in [-0.39, 0.29) is 115 Å². The van der Waals surface area contributed by atoms with E-state index in [0.29, 0.717) is 58.5 Å². The van der Waals surface area contributed by atoms with Gasteiger partial charge < -0.3 is 66.3 Å². The number of aliphatic hydroxyl groups excluding tert-OH is 1. The van der Waals surface area contributed by atoms with E-state index in [1.807, 2.05) is 0 Å². The Morgan fingerprint density at radius 2 is 0.853 bits per heavy atom. The van der Waals surface area contributed by atoms with E-state index in [1.54, 1.807) is 0 Å².